The molecule has 1 atom stereocenters. The molecular formula is C15H19N3O. The molecule has 1 unspecified atom stereocenters. The molecule has 1 aliphatic heterocycles. The highest BCUT2D eigenvalue weighted by Crippen LogP contribution is 2.18. The van der Waals surface area contributed by atoms with E-state index in [2.05, 4.69) is 23.2 Å². The minimum atomic E-state index is -0.00755. The third-order valence-corrected chi connectivity index (χ3v) is 3.59. The number of rotatable bonds is 4. The van der Waals surface area contributed by atoms with Crippen molar-refractivity contribution in [3.05, 3.63) is 29.8 Å². The van der Waals surface area contributed by atoms with Crippen LogP contribution in [0.4, 0.5) is 5.69 Å². The van der Waals surface area contributed by atoms with Gasteiger partial charge >= 0.3 is 0 Å². The summed E-state index contributed by atoms with van der Waals surface area (Å²) in [5, 5.41) is 11.7. The van der Waals surface area contributed by atoms with Crippen LogP contribution in [0.3, 0.4) is 0 Å². The summed E-state index contributed by atoms with van der Waals surface area (Å²) < 4.78 is 0. The summed E-state index contributed by atoms with van der Waals surface area (Å²) in [4.78, 5) is 14.1. The van der Waals surface area contributed by atoms with Crippen molar-refractivity contribution in [3.8, 4) is 6.07 Å². The Morgan fingerprint density at radius 3 is 3.11 bits per heavy atom. The Morgan fingerprint density at radius 2 is 2.42 bits per heavy atom. The first-order valence-corrected chi connectivity index (χ1v) is 6.73. The maximum absolute atomic E-state index is 11.9. The zero-order chi connectivity index (χ0) is 13.7. The number of carbonyl (C=O) groups is 1. The fourth-order valence-corrected chi connectivity index (χ4v) is 2.46. The number of benzene rings is 1. The molecule has 1 amide bonds. The van der Waals surface area contributed by atoms with E-state index in [1.807, 2.05) is 0 Å². The normalized spacial score (nSPS) is 19.1. The maximum Gasteiger partial charge on any atom is 0.238 e. The van der Waals surface area contributed by atoms with Crippen molar-refractivity contribution >= 4 is 11.6 Å². The second-order valence-electron chi connectivity index (χ2n) is 5.04. The SMILES string of the molecule is CCC1CCN(CC(=O)Nc2cccc(C#N)c2)C1. The number of amides is 1. The highest BCUT2D eigenvalue weighted by molar-refractivity contribution is 5.92. The van der Waals surface area contributed by atoms with Gasteiger partial charge in [-0.05, 0) is 37.1 Å². The summed E-state index contributed by atoms with van der Waals surface area (Å²) in [6.07, 6.45) is 2.37. The van der Waals surface area contributed by atoms with Gasteiger partial charge in [-0.1, -0.05) is 19.4 Å². The topological polar surface area (TPSA) is 56.1 Å². The van der Waals surface area contributed by atoms with Gasteiger partial charge in [-0.15, -0.1) is 0 Å². The van der Waals surface area contributed by atoms with E-state index in [1.54, 1.807) is 24.3 Å². The average molecular weight is 257 g/mol. The van der Waals surface area contributed by atoms with E-state index in [1.165, 1.54) is 12.8 Å². The Bertz CT molecular complexity index is 492. The standard InChI is InChI=1S/C15H19N3O/c1-2-12-6-7-18(10-12)11-15(19)17-14-5-3-4-13(8-14)9-16/h3-5,8,12H,2,6-7,10-11H2,1H3,(H,17,19). The van der Waals surface area contributed by atoms with E-state index in [0.717, 1.165) is 19.0 Å². The molecule has 1 aliphatic rings. The molecule has 1 aromatic rings. The van der Waals surface area contributed by atoms with E-state index in [4.69, 9.17) is 5.26 Å². The van der Waals surface area contributed by atoms with E-state index in [9.17, 15) is 4.79 Å². The summed E-state index contributed by atoms with van der Waals surface area (Å²) in [6.45, 7) is 4.65. The number of likely N-dealkylation sites (tertiary alicyclic amines) is 1. The lowest BCUT2D eigenvalue weighted by molar-refractivity contribution is -0.117. The molecule has 1 N–H and O–H groups in total. The van der Waals surface area contributed by atoms with Crippen molar-refractivity contribution in [1.82, 2.24) is 4.90 Å². The van der Waals surface area contributed by atoms with Gasteiger partial charge in [0.05, 0.1) is 18.2 Å². The van der Waals surface area contributed by atoms with Crippen LogP contribution in [0.1, 0.15) is 25.3 Å². The lowest BCUT2D eigenvalue weighted by atomic mass is 10.1. The van der Waals surface area contributed by atoms with E-state index in [-0.39, 0.29) is 5.91 Å². The molecule has 0 bridgehead atoms. The summed E-state index contributed by atoms with van der Waals surface area (Å²) >= 11 is 0. The highest BCUT2D eigenvalue weighted by atomic mass is 16.2. The molecule has 0 radical (unpaired) electrons. The fourth-order valence-electron chi connectivity index (χ4n) is 2.46. The van der Waals surface area contributed by atoms with Crippen molar-refractivity contribution in [2.75, 3.05) is 25.0 Å². The molecule has 0 spiro atoms. The summed E-state index contributed by atoms with van der Waals surface area (Å²) in [5.41, 5.74) is 1.25. The van der Waals surface area contributed by atoms with Crippen molar-refractivity contribution in [3.63, 3.8) is 0 Å². The number of nitriles is 1. The third-order valence-electron chi connectivity index (χ3n) is 3.59. The highest BCUT2D eigenvalue weighted by Gasteiger charge is 2.22. The average Bonchev–Trinajstić information content (AvgIpc) is 2.86. The van der Waals surface area contributed by atoms with Crippen LogP contribution in [-0.2, 0) is 4.79 Å². The second-order valence-corrected chi connectivity index (χ2v) is 5.04. The number of hydrogen-bond acceptors (Lipinski definition) is 3. The largest absolute Gasteiger partial charge is 0.325 e. The van der Waals surface area contributed by atoms with Crippen LogP contribution < -0.4 is 5.32 Å². The Kier molecular flexibility index (Phi) is 4.53. The molecule has 1 aromatic carbocycles. The Hall–Kier alpha value is -1.86. The lowest BCUT2D eigenvalue weighted by Crippen LogP contribution is -2.31. The molecule has 0 saturated carbocycles. The monoisotopic (exact) mass is 257 g/mol. The summed E-state index contributed by atoms with van der Waals surface area (Å²) in [7, 11) is 0. The molecule has 0 aliphatic carbocycles. The second kappa shape index (κ2) is 6.35. The van der Waals surface area contributed by atoms with Crippen molar-refractivity contribution in [2.45, 2.75) is 19.8 Å². The van der Waals surface area contributed by atoms with Gasteiger partial charge in [0.1, 0.15) is 0 Å². The quantitative estimate of drug-likeness (QED) is 0.900. The zero-order valence-electron chi connectivity index (χ0n) is 11.2. The number of hydrogen-bond donors (Lipinski definition) is 1. The molecule has 1 heterocycles. The molecular weight excluding hydrogens is 238 g/mol. The molecule has 4 nitrogen and oxygen atoms in total. The summed E-state index contributed by atoms with van der Waals surface area (Å²) in [5.74, 6) is 0.724. The first-order chi connectivity index (χ1) is 9.21. The fraction of sp³-hybridized carbons (Fsp3) is 0.467. The van der Waals surface area contributed by atoms with Gasteiger partial charge in [0, 0.05) is 12.2 Å². The van der Waals surface area contributed by atoms with Gasteiger partial charge in [0.25, 0.3) is 0 Å². The minimum Gasteiger partial charge on any atom is -0.325 e. The minimum absolute atomic E-state index is 0.00755. The lowest BCUT2D eigenvalue weighted by Gasteiger charge is -2.15. The smallest absolute Gasteiger partial charge is 0.238 e. The number of nitrogens with zero attached hydrogens (tertiary/aromatic N) is 2. The van der Waals surface area contributed by atoms with Crippen LogP contribution in [0.15, 0.2) is 24.3 Å². The molecule has 1 saturated heterocycles. The van der Waals surface area contributed by atoms with Crippen LogP contribution >= 0.6 is 0 Å². The Labute approximate surface area is 114 Å². The van der Waals surface area contributed by atoms with E-state index >= 15 is 0 Å². The van der Waals surface area contributed by atoms with Crippen LogP contribution in [0.2, 0.25) is 0 Å². The molecule has 4 heteroatoms. The summed E-state index contributed by atoms with van der Waals surface area (Å²) in [6, 6.07) is 9.06. The number of carbonyl (C=O) groups excluding carboxylic acids is 1. The van der Waals surface area contributed by atoms with Crippen LogP contribution in [-0.4, -0.2) is 30.4 Å². The Balaban J connectivity index is 1.86. The maximum atomic E-state index is 11.9. The molecule has 1 fully saturated rings. The number of anilines is 1. The van der Waals surface area contributed by atoms with Gasteiger partial charge in [-0.25, -0.2) is 0 Å². The van der Waals surface area contributed by atoms with Crippen molar-refractivity contribution in [1.29, 1.82) is 5.26 Å². The molecule has 19 heavy (non-hydrogen) atoms. The predicted octanol–water partition coefficient (Wildman–Crippen LogP) is 2.23. The first kappa shape index (κ1) is 13.6. The zero-order valence-corrected chi connectivity index (χ0v) is 11.2. The van der Waals surface area contributed by atoms with Gasteiger partial charge < -0.3 is 5.32 Å². The van der Waals surface area contributed by atoms with Crippen LogP contribution in [0, 0.1) is 17.2 Å². The van der Waals surface area contributed by atoms with E-state index in [0.29, 0.717) is 17.8 Å². The van der Waals surface area contributed by atoms with Crippen molar-refractivity contribution < 1.29 is 4.79 Å². The van der Waals surface area contributed by atoms with Gasteiger partial charge in [-0.2, -0.15) is 5.26 Å². The molecule has 100 valence electrons. The van der Waals surface area contributed by atoms with Gasteiger partial charge in [-0.3, -0.25) is 9.69 Å². The number of nitrogens with one attached hydrogen (secondary N) is 1. The Morgan fingerprint density at radius 1 is 1.58 bits per heavy atom. The first-order valence-electron chi connectivity index (χ1n) is 6.73. The predicted molar refractivity (Wildman–Crippen MR) is 74.6 cm³/mol. The molecule has 2 rings (SSSR count). The van der Waals surface area contributed by atoms with Crippen LogP contribution in [0.25, 0.3) is 0 Å². The van der Waals surface area contributed by atoms with Gasteiger partial charge in [0.15, 0.2) is 0 Å². The van der Waals surface area contributed by atoms with Gasteiger partial charge in [0.2, 0.25) is 5.91 Å². The third kappa shape index (κ3) is 3.80. The van der Waals surface area contributed by atoms with E-state index < -0.39 is 0 Å². The van der Waals surface area contributed by atoms with Crippen molar-refractivity contribution in [2.24, 2.45) is 5.92 Å². The molecule has 0 aromatic heterocycles. The van der Waals surface area contributed by atoms with Crippen LogP contribution in [0.5, 0.6) is 0 Å².